The van der Waals surface area contributed by atoms with Crippen LogP contribution in [0.1, 0.15) is 52.9 Å². The Morgan fingerprint density at radius 1 is 1.21 bits per heavy atom. The Bertz CT molecular complexity index is 925. The van der Waals surface area contributed by atoms with Gasteiger partial charge in [0, 0.05) is 11.6 Å². The number of nitro benzene ring substituents is 1. The van der Waals surface area contributed by atoms with Crippen LogP contribution in [-0.2, 0) is 16.0 Å². The lowest BCUT2D eigenvalue weighted by Crippen LogP contribution is -2.39. The van der Waals surface area contributed by atoms with Crippen molar-refractivity contribution in [3.05, 3.63) is 74.8 Å². The van der Waals surface area contributed by atoms with Gasteiger partial charge in [0.2, 0.25) is 0 Å². The average Bonchev–Trinajstić information content (AvgIpc) is 2.68. The Hall–Kier alpha value is -3.22. The molecule has 0 heterocycles. The maximum atomic E-state index is 12.6. The van der Waals surface area contributed by atoms with Gasteiger partial charge in [-0.15, -0.1) is 0 Å². The predicted molar refractivity (Wildman–Crippen MR) is 103 cm³/mol. The minimum absolute atomic E-state index is 0.0804. The molecule has 0 fully saturated rings. The number of nitrogens with one attached hydrogen (secondary N) is 1. The van der Waals surface area contributed by atoms with E-state index in [1.165, 1.54) is 37.6 Å². The standard InChI is InChI=1S/C21H22N2O5/c1-13-16(10-6-12-19(13)23(26)27)21(25)28-14(2)20(24)22-18-11-5-8-15-7-3-4-9-17(15)18/h3-4,6-7,9-10,12,14,18H,5,8,11H2,1-2H3,(H,22,24)/t14-,18-/m0/s1. The fourth-order valence-corrected chi connectivity index (χ4v) is 3.51. The molecule has 0 aromatic heterocycles. The van der Waals surface area contributed by atoms with E-state index < -0.39 is 22.9 Å². The molecule has 7 nitrogen and oxygen atoms in total. The van der Waals surface area contributed by atoms with Gasteiger partial charge in [-0.1, -0.05) is 30.3 Å². The molecule has 0 bridgehead atoms. The molecule has 1 N–H and O–H groups in total. The van der Waals surface area contributed by atoms with Crippen molar-refractivity contribution in [3.63, 3.8) is 0 Å². The Morgan fingerprint density at radius 3 is 2.71 bits per heavy atom. The van der Waals surface area contributed by atoms with Crippen LogP contribution >= 0.6 is 0 Å². The second-order valence-electron chi connectivity index (χ2n) is 6.91. The number of fused-ring (bicyclic) bond motifs is 1. The summed E-state index contributed by atoms with van der Waals surface area (Å²) >= 11 is 0. The third kappa shape index (κ3) is 4.03. The second-order valence-corrected chi connectivity index (χ2v) is 6.91. The number of carbonyl (C=O) groups excluding carboxylic acids is 2. The number of benzene rings is 2. The van der Waals surface area contributed by atoms with E-state index in [0.717, 1.165) is 24.8 Å². The van der Waals surface area contributed by atoms with Crippen LogP contribution in [0.25, 0.3) is 0 Å². The predicted octanol–water partition coefficient (Wildman–Crippen LogP) is 3.64. The van der Waals surface area contributed by atoms with Crippen molar-refractivity contribution in [3.8, 4) is 0 Å². The highest BCUT2D eigenvalue weighted by atomic mass is 16.6. The summed E-state index contributed by atoms with van der Waals surface area (Å²) in [6.45, 7) is 2.98. The zero-order valence-corrected chi connectivity index (χ0v) is 15.8. The molecule has 0 spiro atoms. The Balaban J connectivity index is 1.68. The molecule has 7 heteroatoms. The summed E-state index contributed by atoms with van der Waals surface area (Å²) in [5, 5.41) is 14.0. The van der Waals surface area contributed by atoms with E-state index in [2.05, 4.69) is 11.4 Å². The van der Waals surface area contributed by atoms with Crippen molar-refractivity contribution in [2.45, 2.75) is 45.3 Å². The van der Waals surface area contributed by atoms with E-state index >= 15 is 0 Å². The van der Waals surface area contributed by atoms with Crippen LogP contribution < -0.4 is 5.32 Å². The molecule has 1 amide bonds. The fraction of sp³-hybridized carbons (Fsp3) is 0.333. The highest BCUT2D eigenvalue weighted by Gasteiger charge is 2.27. The molecular weight excluding hydrogens is 360 g/mol. The lowest BCUT2D eigenvalue weighted by Gasteiger charge is -2.27. The van der Waals surface area contributed by atoms with Gasteiger partial charge in [-0.2, -0.15) is 0 Å². The fourth-order valence-electron chi connectivity index (χ4n) is 3.51. The van der Waals surface area contributed by atoms with Gasteiger partial charge < -0.3 is 10.1 Å². The number of rotatable bonds is 5. The van der Waals surface area contributed by atoms with E-state index in [1.54, 1.807) is 0 Å². The van der Waals surface area contributed by atoms with Crippen molar-refractivity contribution in [1.29, 1.82) is 0 Å². The van der Waals surface area contributed by atoms with E-state index in [1.807, 2.05) is 18.2 Å². The van der Waals surface area contributed by atoms with E-state index in [9.17, 15) is 19.7 Å². The van der Waals surface area contributed by atoms with E-state index in [4.69, 9.17) is 4.74 Å². The van der Waals surface area contributed by atoms with Crippen molar-refractivity contribution in [2.75, 3.05) is 0 Å². The number of amides is 1. The molecule has 1 aliphatic rings. The molecule has 0 saturated heterocycles. The number of nitrogens with zero attached hydrogens (tertiary/aromatic N) is 1. The summed E-state index contributed by atoms with van der Waals surface area (Å²) in [6, 6.07) is 12.1. The molecular formula is C21H22N2O5. The summed E-state index contributed by atoms with van der Waals surface area (Å²) in [5.41, 5.74) is 2.44. The van der Waals surface area contributed by atoms with Crippen LogP contribution in [0.2, 0.25) is 0 Å². The van der Waals surface area contributed by atoms with E-state index in [-0.39, 0.29) is 22.9 Å². The number of carbonyl (C=O) groups is 2. The van der Waals surface area contributed by atoms with Crippen LogP contribution in [0.5, 0.6) is 0 Å². The quantitative estimate of drug-likeness (QED) is 0.484. The molecule has 0 unspecified atom stereocenters. The van der Waals surface area contributed by atoms with Gasteiger partial charge >= 0.3 is 5.97 Å². The first-order chi connectivity index (χ1) is 13.4. The number of nitro groups is 1. The first-order valence-corrected chi connectivity index (χ1v) is 9.21. The lowest BCUT2D eigenvalue weighted by molar-refractivity contribution is -0.385. The molecule has 0 radical (unpaired) electrons. The maximum Gasteiger partial charge on any atom is 0.339 e. The Kier molecular flexibility index (Phi) is 5.73. The Morgan fingerprint density at radius 2 is 1.96 bits per heavy atom. The van der Waals surface area contributed by atoms with Gasteiger partial charge in [0.1, 0.15) is 0 Å². The third-order valence-corrected chi connectivity index (χ3v) is 5.06. The number of aryl methyl sites for hydroxylation is 1. The van der Waals surface area contributed by atoms with Gasteiger partial charge in [0.05, 0.1) is 16.5 Å². The topological polar surface area (TPSA) is 98.5 Å². The smallest absolute Gasteiger partial charge is 0.339 e. The molecule has 2 atom stereocenters. The van der Waals surface area contributed by atoms with Gasteiger partial charge in [-0.3, -0.25) is 14.9 Å². The normalized spacial score (nSPS) is 16.6. The van der Waals surface area contributed by atoms with Crippen molar-refractivity contribution in [1.82, 2.24) is 5.32 Å². The summed E-state index contributed by atoms with van der Waals surface area (Å²) in [4.78, 5) is 35.5. The number of hydrogen-bond acceptors (Lipinski definition) is 5. The van der Waals surface area contributed by atoms with Crippen molar-refractivity contribution in [2.24, 2.45) is 0 Å². The van der Waals surface area contributed by atoms with Crippen LogP contribution in [-0.4, -0.2) is 22.9 Å². The zero-order valence-electron chi connectivity index (χ0n) is 15.8. The molecule has 0 aliphatic heterocycles. The lowest BCUT2D eigenvalue weighted by atomic mass is 9.87. The van der Waals surface area contributed by atoms with Crippen LogP contribution in [0.3, 0.4) is 0 Å². The summed E-state index contributed by atoms with van der Waals surface area (Å²) in [5.74, 6) is -1.15. The maximum absolute atomic E-state index is 12.6. The average molecular weight is 382 g/mol. The molecule has 2 aromatic rings. The number of esters is 1. The molecule has 146 valence electrons. The third-order valence-electron chi connectivity index (χ3n) is 5.06. The summed E-state index contributed by atoms with van der Waals surface area (Å²) < 4.78 is 5.27. The minimum atomic E-state index is -1.01. The second kappa shape index (κ2) is 8.21. The van der Waals surface area contributed by atoms with Gasteiger partial charge in [-0.25, -0.2) is 4.79 Å². The van der Waals surface area contributed by atoms with Crippen molar-refractivity contribution >= 4 is 17.6 Å². The first-order valence-electron chi connectivity index (χ1n) is 9.21. The molecule has 2 aromatic carbocycles. The number of hydrogen-bond donors (Lipinski definition) is 1. The van der Waals surface area contributed by atoms with Gasteiger partial charge in [0.25, 0.3) is 11.6 Å². The SMILES string of the molecule is Cc1c(C(=O)O[C@@H](C)C(=O)N[C@H]2CCCc3ccccc32)cccc1[N+](=O)[O-]. The van der Waals surface area contributed by atoms with Gasteiger partial charge in [-0.05, 0) is 50.3 Å². The Labute approximate surface area is 162 Å². The largest absolute Gasteiger partial charge is 0.449 e. The molecule has 28 heavy (non-hydrogen) atoms. The monoisotopic (exact) mass is 382 g/mol. The highest BCUT2D eigenvalue weighted by Crippen LogP contribution is 2.29. The zero-order chi connectivity index (χ0) is 20.3. The van der Waals surface area contributed by atoms with Crippen molar-refractivity contribution < 1.29 is 19.2 Å². The summed E-state index contributed by atoms with van der Waals surface area (Å²) in [6.07, 6.45) is 1.77. The molecule has 3 rings (SSSR count). The van der Waals surface area contributed by atoms with E-state index in [0.29, 0.717) is 0 Å². The van der Waals surface area contributed by atoms with Crippen LogP contribution in [0, 0.1) is 17.0 Å². The van der Waals surface area contributed by atoms with Crippen LogP contribution in [0.15, 0.2) is 42.5 Å². The van der Waals surface area contributed by atoms with Gasteiger partial charge in [0.15, 0.2) is 6.10 Å². The molecule has 0 saturated carbocycles. The van der Waals surface area contributed by atoms with Crippen LogP contribution in [0.4, 0.5) is 5.69 Å². The highest BCUT2D eigenvalue weighted by molar-refractivity contribution is 5.94. The first kappa shape index (κ1) is 19.5. The minimum Gasteiger partial charge on any atom is -0.449 e. The molecule has 1 aliphatic carbocycles. The number of ether oxygens (including phenoxy) is 1. The summed E-state index contributed by atoms with van der Waals surface area (Å²) in [7, 11) is 0.